The van der Waals surface area contributed by atoms with Crippen molar-refractivity contribution < 1.29 is 17.4 Å². The second-order valence-electron chi connectivity index (χ2n) is 6.44. The lowest BCUT2D eigenvalue weighted by atomic mass is 10.2. The number of alkyl halides is 3. The van der Waals surface area contributed by atoms with Gasteiger partial charge in [0.2, 0.25) is 0 Å². The van der Waals surface area contributed by atoms with Gasteiger partial charge >= 0.3 is 6.18 Å². The van der Waals surface area contributed by atoms with Crippen molar-refractivity contribution in [2.45, 2.75) is 11.1 Å². The molecule has 0 aliphatic carbocycles. The molecule has 0 bridgehead atoms. The maximum absolute atomic E-state index is 12.9. The number of benzene rings is 2. The molecule has 0 spiro atoms. The van der Waals surface area contributed by atoms with Crippen molar-refractivity contribution in [3.63, 3.8) is 0 Å². The van der Waals surface area contributed by atoms with E-state index >= 15 is 0 Å². The molecule has 4 aromatic rings. The largest absolute Gasteiger partial charge is 0.416 e. The Labute approximate surface area is 153 Å². The van der Waals surface area contributed by atoms with Crippen LogP contribution in [0.5, 0.6) is 0 Å². The standard InChI is InChI=1S/C18H15F3N4OS/c1-24-10-16-17(23-24)14-9-13(27(2,22)26)7-8-15(14)25(16)12-5-3-11(4-6-12)18(19,20)21/h3-10,22H,1-2H3. The fourth-order valence-electron chi connectivity index (χ4n) is 3.18. The minimum absolute atomic E-state index is 0.382. The summed E-state index contributed by atoms with van der Waals surface area (Å²) >= 11 is 0. The summed E-state index contributed by atoms with van der Waals surface area (Å²) in [5, 5.41) is 5.13. The first-order valence-electron chi connectivity index (χ1n) is 7.95. The van der Waals surface area contributed by atoms with Crippen molar-refractivity contribution in [1.29, 1.82) is 4.78 Å². The molecule has 2 aromatic carbocycles. The number of nitrogens with zero attached hydrogens (tertiary/aromatic N) is 3. The smallest absolute Gasteiger partial charge is 0.306 e. The Morgan fingerprint density at radius 2 is 1.74 bits per heavy atom. The van der Waals surface area contributed by atoms with E-state index in [1.54, 1.807) is 36.1 Å². The summed E-state index contributed by atoms with van der Waals surface area (Å²) in [5.41, 5.74) is 1.93. The van der Waals surface area contributed by atoms with Crippen LogP contribution >= 0.6 is 0 Å². The van der Waals surface area contributed by atoms with Gasteiger partial charge in [-0.05, 0) is 42.5 Å². The van der Waals surface area contributed by atoms with Gasteiger partial charge in [-0.1, -0.05) is 0 Å². The predicted octanol–water partition coefficient (Wildman–Crippen LogP) is 4.57. The topological polar surface area (TPSA) is 63.7 Å². The lowest BCUT2D eigenvalue weighted by Crippen LogP contribution is -2.05. The van der Waals surface area contributed by atoms with Gasteiger partial charge in [-0.25, -0.2) is 8.99 Å². The maximum Gasteiger partial charge on any atom is 0.416 e. The summed E-state index contributed by atoms with van der Waals surface area (Å²) in [4.78, 5) is 0.382. The van der Waals surface area contributed by atoms with E-state index in [9.17, 15) is 17.4 Å². The second kappa shape index (κ2) is 5.59. The van der Waals surface area contributed by atoms with Crippen LogP contribution in [0.3, 0.4) is 0 Å². The molecule has 4 rings (SSSR count). The van der Waals surface area contributed by atoms with Gasteiger partial charge in [0.25, 0.3) is 0 Å². The van der Waals surface area contributed by atoms with Crippen LogP contribution in [0.15, 0.2) is 53.6 Å². The van der Waals surface area contributed by atoms with Crippen LogP contribution in [-0.4, -0.2) is 24.8 Å². The zero-order valence-corrected chi connectivity index (χ0v) is 15.2. The summed E-state index contributed by atoms with van der Waals surface area (Å²) in [5.74, 6) is 0. The number of aryl methyl sites for hydroxylation is 1. The summed E-state index contributed by atoms with van der Waals surface area (Å²) in [7, 11) is -1.15. The van der Waals surface area contributed by atoms with E-state index < -0.39 is 21.5 Å². The van der Waals surface area contributed by atoms with Gasteiger partial charge in [0.05, 0.1) is 26.3 Å². The van der Waals surface area contributed by atoms with Crippen LogP contribution in [-0.2, 0) is 23.0 Å². The molecule has 0 aliphatic rings. The fraction of sp³-hybridized carbons (Fsp3) is 0.167. The van der Waals surface area contributed by atoms with Crippen LogP contribution in [0.25, 0.3) is 27.6 Å². The number of hydrogen-bond donors (Lipinski definition) is 1. The highest BCUT2D eigenvalue weighted by Crippen LogP contribution is 2.34. The molecule has 5 nitrogen and oxygen atoms in total. The maximum atomic E-state index is 12.9. The highest BCUT2D eigenvalue weighted by Gasteiger charge is 2.30. The Hall–Kier alpha value is -2.81. The van der Waals surface area contributed by atoms with Crippen LogP contribution in [0.4, 0.5) is 13.2 Å². The summed E-state index contributed by atoms with van der Waals surface area (Å²) < 4.78 is 61.9. The zero-order chi connectivity index (χ0) is 19.6. The molecule has 0 saturated heterocycles. The number of rotatable bonds is 2. The Morgan fingerprint density at radius 3 is 2.33 bits per heavy atom. The van der Waals surface area contributed by atoms with Gasteiger partial charge in [-0.2, -0.15) is 18.3 Å². The van der Waals surface area contributed by atoms with Gasteiger partial charge in [0.1, 0.15) is 5.52 Å². The molecule has 1 unspecified atom stereocenters. The number of fused-ring (bicyclic) bond motifs is 3. The third-order valence-electron chi connectivity index (χ3n) is 4.42. The number of aromatic nitrogens is 3. The van der Waals surface area contributed by atoms with Crippen LogP contribution in [0.1, 0.15) is 5.56 Å². The number of hydrogen-bond acceptors (Lipinski definition) is 3. The molecular formula is C18H15F3N4OS. The Balaban J connectivity index is 2.01. The highest BCUT2D eigenvalue weighted by atomic mass is 32.2. The van der Waals surface area contributed by atoms with E-state index in [0.29, 0.717) is 21.5 Å². The van der Waals surface area contributed by atoms with E-state index in [1.807, 2.05) is 4.57 Å². The van der Waals surface area contributed by atoms with E-state index in [2.05, 4.69) is 5.10 Å². The van der Waals surface area contributed by atoms with Crippen LogP contribution in [0.2, 0.25) is 0 Å². The molecule has 9 heteroatoms. The third-order valence-corrected chi connectivity index (χ3v) is 5.57. The zero-order valence-electron chi connectivity index (χ0n) is 14.4. The third kappa shape index (κ3) is 2.87. The molecule has 0 amide bonds. The molecule has 1 atom stereocenters. The van der Waals surface area contributed by atoms with Crippen molar-refractivity contribution in [3.8, 4) is 5.69 Å². The second-order valence-corrected chi connectivity index (χ2v) is 8.60. The molecule has 0 saturated carbocycles. The molecule has 2 aromatic heterocycles. The first kappa shape index (κ1) is 17.6. The van der Waals surface area contributed by atoms with Crippen molar-refractivity contribution in [2.75, 3.05) is 6.26 Å². The summed E-state index contributed by atoms with van der Waals surface area (Å²) in [6, 6.07) is 9.91. The molecular weight excluding hydrogens is 377 g/mol. The molecule has 140 valence electrons. The lowest BCUT2D eigenvalue weighted by molar-refractivity contribution is -0.137. The first-order valence-corrected chi connectivity index (χ1v) is 9.91. The van der Waals surface area contributed by atoms with Gasteiger partial charge < -0.3 is 4.57 Å². The lowest BCUT2D eigenvalue weighted by Gasteiger charge is -2.10. The van der Waals surface area contributed by atoms with Gasteiger partial charge in [0.15, 0.2) is 0 Å². The van der Waals surface area contributed by atoms with Gasteiger partial charge in [-0.3, -0.25) is 4.68 Å². The number of halogens is 3. The molecule has 0 fully saturated rings. The normalized spacial score (nSPS) is 14.7. The van der Waals surface area contributed by atoms with Crippen molar-refractivity contribution in [3.05, 3.63) is 54.2 Å². The first-order chi connectivity index (χ1) is 12.6. The van der Waals surface area contributed by atoms with Crippen molar-refractivity contribution in [1.82, 2.24) is 14.3 Å². The van der Waals surface area contributed by atoms with E-state index in [4.69, 9.17) is 4.78 Å². The monoisotopic (exact) mass is 392 g/mol. The van der Waals surface area contributed by atoms with Gasteiger partial charge in [0, 0.05) is 35.5 Å². The predicted molar refractivity (Wildman–Crippen MR) is 97.6 cm³/mol. The molecule has 2 heterocycles. The van der Waals surface area contributed by atoms with Crippen molar-refractivity contribution >= 4 is 31.7 Å². The van der Waals surface area contributed by atoms with E-state index in [-0.39, 0.29) is 0 Å². The van der Waals surface area contributed by atoms with Crippen LogP contribution in [0, 0.1) is 4.78 Å². The number of nitrogens with one attached hydrogen (secondary N) is 1. The Kier molecular flexibility index (Phi) is 3.64. The van der Waals surface area contributed by atoms with E-state index in [0.717, 1.165) is 23.2 Å². The molecule has 0 radical (unpaired) electrons. The molecule has 0 aliphatic heterocycles. The Morgan fingerprint density at radius 1 is 1.07 bits per heavy atom. The minimum Gasteiger partial charge on any atom is -0.306 e. The SMILES string of the molecule is Cn1cc2c(n1)c1cc(S(C)(=N)=O)ccc1n2-c1ccc(C(F)(F)F)cc1. The summed E-state index contributed by atoms with van der Waals surface area (Å²) in [6.45, 7) is 0. The average Bonchev–Trinajstić information content (AvgIpc) is 3.07. The van der Waals surface area contributed by atoms with Crippen molar-refractivity contribution in [2.24, 2.45) is 7.05 Å². The fourth-order valence-corrected chi connectivity index (χ4v) is 3.85. The van der Waals surface area contributed by atoms with Gasteiger partial charge in [-0.15, -0.1) is 0 Å². The molecule has 1 N–H and O–H groups in total. The van der Waals surface area contributed by atoms with E-state index in [1.165, 1.54) is 18.4 Å². The average molecular weight is 392 g/mol. The van der Waals surface area contributed by atoms with Crippen LogP contribution < -0.4 is 0 Å². The Bertz CT molecular complexity index is 1280. The molecule has 27 heavy (non-hydrogen) atoms. The highest BCUT2D eigenvalue weighted by molar-refractivity contribution is 7.91. The minimum atomic E-state index is -4.40. The summed E-state index contributed by atoms with van der Waals surface area (Å²) in [6.07, 6.45) is -1.28. The quantitative estimate of drug-likeness (QED) is 0.543.